The van der Waals surface area contributed by atoms with Crippen molar-refractivity contribution in [2.45, 2.75) is 12.5 Å². The average Bonchev–Trinajstić information content (AvgIpc) is 2.64. The van der Waals surface area contributed by atoms with Gasteiger partial charge in [-0.2, -0.15) is 0 Å². The molecule has 0 N–H and O–H groups in total. The predicted molar refractivity (Wildman–Crippen MR) is 97.6 cm³/mol. The Bertz CT molecular complexity index is 597. The highest BCUT2D eigenvalue weighted by molar-refractivity contribution is 6.30. The van der Waals surface area contributed by atoms with Gasteiger partial charge in [-0.25, -0.2) is 0 Å². The molecule has 4 heteroatoms. The molecule has 2 aromatic carbocycles. The van der Waals surface area contributed by atoms with Gasteiger partial charge in [0, 0.05) is 31.3 Å². The third-order valence-corrected chi connectivity index (χ3v) is 4.53. The fourth-order valence-electron chi connectivity index (χ4n) is 2.96. The molecule has 0 spiro atoms. The van der Waals surface area contributed by atoms with Crippen molar-refractivity contribution in [1.82, 2.24) is 4.90 Å². The molecule has 0 saturated carbocycles. The summed E-state index contributed by atoms with van der Waals surface area (Å²) in [6.45, 7) is 5.54. The molecule has 1 heterocycles. The highest BCUT2D eigenvalue weighted by Gasteiger charge is 2.15. The second kappa shape index (κ2) is 9.19. The van der Waals surface area contributed by atoms with Crippen LogP contribution in [0.15, 0.2) is 54.6 Å². The Morgan fingerprint density at radius 2 is 1.62 bits per heavy atom. The van der Waals surface area contributed by atoms with Gasteiger partial charge in [-0.3, -0.25) is 4.90 Å². The van der Waals surface area contributed by atoms with Gasteiger partial charge in [0.15, 0.2) is 0 Å². The zero-order valence-electron chi connectivity index (χ0n) is 13.9. The van der Waals surface area contributed by atoms with Gasteiger partial charge in [0.25, 0.3) is 0 Å². The van der Waals surface area contributed by atoms with Gasteiger partial charge in [0.1, 0.15) is 6.10 Å². The van der Waals surface area contributed by atoms with Crippen molar-refractivity contribution in [2.75, 3.05) is 39.5 Å². The third-order valence-electron chi connectivity index (χ3n) is 4.28. The van der Waals surface area contributed by atoms with Crippen molar-refractivity contribution in [3.8, 4) is 0 Å². The number of rotatable bonds is 7. The zero-order chi connectivity index (χ0) is 16.6. The van der Waals surface area contributed by atoms with E-state index in [0.717, 1.165) is 56.5 Å². The molecule has 1 fully saturated rings. The molecule has 128 valence electrons. The minimum atomic E-state index is -0.0480. The van der Waals surface area contributed by atoms with Crippen LogP contribution in [0.1, 0.15) is 23.7 Å². The van der Waals surface area contributed by atoms with Crippen LogP contribution >= 0.6 is 11.6 Å². The summed E-state index contributed by atoms with van der Waals surface area (Å²) in [7, 11) is 0. The standard InChI is InChI=1S/C20H24ClNO2/c21-19-9-7-18(8-10-19)20(17-5-2-1-3-6-17)24-14-4-11-22-12-15-23-16-13-22/h1-3,5-10,20H,4,11-16H2. The van der Waals surface area contributed by atoms with Crippen molar-refractivity contribution < 1.29 is 9.47 Å². The molecular weight excluding hydrogens is 322 g/mol. The Morgan fingerprint density at radius 1 is 0.958 bits per heavy atom. The fourth-order valence-corrected chi connectivity index (χ4v) is 3.09. The topological polar surface area (TPSA) is 21.7 Å². The second-order valence-corrected chi connectivity index (χ2v) is 6.46. The molecule has 1 unspecified atom stereocenters. The summed E-state index contributed by atoms with van der Waals surface area (Å²) in [6, 6.07) is 18.3. The van der Waals surface area contributed by atoms with Crippen LogP contribution in [-0.2, 0) is 9.47 Å². The van der Waals surface area contributed by atoms with E-state index in [2.05, 4.69) is 29.2 Å². The minimum absolute atomic E-state index is 0.0480. The van der Waals surface area contributed by atoms with Crippen LogP contribution in [0.3, 0.4) is 0 Å². The number of hydrogen-bond donors (Lipinski definition) is 0. The molecule has 3 nitrogen and oxygen atoms in total. The average molecular weight is 346 g/mol. The molecule has 1 saturated heterocycles. The lowest BCUT2D eigenvalue weighted by molar-refractivity contribution is 0.0267. The number of hydrogen-bond acceptors (Lipinski definition) is 3. The number of halogens is 1. The number of ether oxygens (including phenoxy) is 2. The first kappa shape index (κ1) is 17.4. The molecule has 0 bridgehead atoms. The second-order valence-electron chi connectivity index (χ2n) is 6.02. The molecule has 24 heavy (non-hydrogen) atoms. The van der Waals surface area contributed by atoms with Crippen LogP contribution in [0.2, 0.25) is 5.02 Å². The molecule has 0 aliphatic carbocycles. The summed E-state index contributed by atoms with van der Waals surface area (Å²) in [5, 5.41) is 0.748. The maximum Gasteiger partial charge on any atom is 0.108 e. The highest BCUT2D eigenvalue weighted by atomic mass is 35.5. The third kappa shape index (κ3) is 5.05. The first-order valence-corrected chi connectivity index (χ1v) is 8.93. The smallest absolute Gasteiger partial charge is 0.108 e. The monoisotopic (exact) mass is 345 g/mol. The Hall–Kier alpha value is -1.39. The quantitative estimate of drug-likeness (QED) is 0.703. The van der Waals surface area contributed by atoms with E-state index < -0.39 is 0 Å². The van der Waals surface area contributed by atoms with E-state index in [1.54, 1.807) is 0 Å². The van der Waals surface area contributed by atoms with Crippen molar-refractivity contribution in [3.05, 3.63) is 70.7 Å². The van der Waals surface area contributed by atoms with Crippen LogP contribution < -0.4 is 0 Å². The normalized spacial score (nSPS) is 16.9. The lowest BCUT2D eigenvalue weighted by Crippen LogP contribution is -2.37. The van der Waals surface area contributed by atoms with Crippen LogP contribution in [0, 0.1) is 0 Å². The van der Waals surface area contributed by atoms with Gasteiger partial charge in [-0.1, -0.05) is 54.1 Å². The first-order valence-electron chi connectivity index (χ1n) is 8.55. The van der Waals surface area contributed by atoms with Gasteiger partial charge < -0.3 is 9.47 Å². The number of morpholine rings is 1. The summed E-state index contributed by atoms with van der Waals surface area (Å²) in [5.74, 6) is 0. The molecular formula is C20H24ClNO2. The molecule has 1 aliphatic heterocycles. The lowest BCUT2D eigenvalue weighted by Gasteiger charge is -2.27. The molecule has 1 atom stereocenters. The molecule has 1 aliphatic rings. The SMILES string of the molecule is Clc1ccc(C(OCCCN2CCOCC2)c2ccccc2)cc1. The summed E-state index contributed by atoms with van der Waals surface area (Å²) in [5.41, 5.74) is 2.31. The van der Waals surface area contributed by atoms with E-state index in [1.807, 2.05) is 30.3 Å². The van der Waals surface area contributed by atoms with Crippen LogP contribution in [0.4, 0.5) is 0 Å². The van der Waals surface area contributed by atoms with Gasteiger partial charge in [-0.15, -0.1) is 0 Å². The Balaban J connectivity index is 1.59. The van der Waals surface area contributed by atoms with Gasteiger partial charge >= 0.3 is 0 Å². The van der Waals surface area contributed by atoms with E-state index in [1.165, 1.54) is 5.56 Å². The molecule has 2 aromatic rings. The van der Waals surface area contributed by atoms with Gasteiger partial charge in [-0.05, 0) is 29.7 Å². The Kier molecular flexibility index (Phi) is 6.67. The van der Waals surface area contributed by atoms with Crippen molar-refractivity contribution in [2.24, 2.45) is 0 Å². The molecule has 0 aromatic heterocycles. The van der Waals surface area contributed by atoms with E-state index in [4.69, 9.17) is 21.1 Å². The van der Waals surface area contributed by atoms with E-state index >= 15 is 0 Å². The fraction of sp³-hybridized carbons (Fsp3) is 0.400. The Morgan fingerprint density at radius 3 is 2.33 bits per heavy atom. The zero-order valence-corrected chi connectivity index (χ0v) is 14.6. The van der Waals surface area contributed by atoms with Gasteiger partial charge in [0.2, 0.25) is 0 Å². The highest BCUT2D eigenvalue weighted by Crippen LogP contribution is 2.27. The lowest BCUT2D eigenvalue weighted by atomic mass is 10.0. The van der Waals surface area contributed by atoms with E-state index in [-0.39, 0.29) is 6.10 Å². The van der Waals surface area contributed by atoms with E-state index in [0.29, 0.717) is 0 Å². The van der Waals surface area contributed by atoms with Crippen LogP contribution in [-0.4, -0.2) is 44.4 Å². The number of benzene rings is 2. The van der Waals surface area contributed by atoms with Crippen LogP contribution in [0.25, 0.3) is 0 Å². The maximum absolute atomic E-state index is 6.24. The summed E-state index contributed by atoms with van der Waals surface area (Å²) in [4.78, 5) is 2.44. The summed E-state index contributed by atoms with van der Waals surface area (Å²) in [6.07, 6.45) is 0.977. The largest absolute Gasteiger partial charge is 0.379 e. The predicted octanol–water partition coefficient (Wildman–Crippen LogP) is 4.17. The van der Waals surface area contributed by atoms with Crippen LogP contribution in [0.5, 0.6) is 0 Å². The first-order chi connectivity index (χ1) is 11.8. The van der Waals surface area contributed by atoms with Crippen molar-refractivity contribution >= 4 is 11.6 Å². The van der Waals surface area contributed by atoms with Crippen molar-refractivity contribution in [1.29, 1.82) is 0 Å². The molecule has 0 amide bonds. The summed E-state index contributed by atoms with van der Waals surface area (Å²) < 4.78 is 11.6. The van der Waals surface area contributed by atoms with Crippen molar-refractivity contribution in [3.63, 3.8) is 0 Å². The van der Waals surface area contributed by atoms with E-state index in [9.17, 15) is 0 Å². The minimum Gasteiger partial charge on any atom is -0.379 e. The molecule has 3 rings (SSSR count). The summed E-state index contributed by atoms with van der Waals surface area (Å²) >= 11 is 6.02. The Labute approximate surface area is 149 Å². The number of nitrogens with zero attached hydrogens (tertiary/aromatic N) is 1. The van der Waals surface area contributed by atoms with Gasteiger partial charge in [0.05, 0.1) is 13.2 Å². The molecule has 0 radical (unpaired) electrons. The maximum atomic E-state index is 6.24.